The van der Waals surface area contributed by atoms with Crippen molar-refractivity contribution in [3.05, 3.63) is 52.7 Å². The first-order valence-electron chi connectivity index (χ1n) is 4.88. The smallest absolute Gasteiger partial charge is 0.151 e. The van der Waals surface area contributed by atoms with Gasteiger partial charge in [0.2, 0.25) is 0 Å². The fourth-order valence-electron chi connectivity index (χ4n) is 1.50. The second-order valence-corrected chi connectivity index (χ2v) is 3.99. The molecule has 16 heavy (non-hydrogen) atoms. The summed E-state index contributed by atoms with van der Waals surface area (Å²) in [7, 11) is 0. The van der Waals surface area contributed by atoms with E-state index in [0.717, 1.165) is 23.1 Å². The molecule has 0 saturated carbocycles. The topological polar surface area (TPSA) is 30.0 Å². The summed E-state index contributed by atoms with van der Waals surface area (Å²) < 4.78 is 0. The molecule has 1 aromatic carbocycles. The lowest BCUT2D eigenvalue weighted by molar-refractivity contribution is 0.112. The van der Waals surface area contributed by atoms with Crippen LogP contribution in [0.2, 0.25) is 5.02 Å². The Bertz CT molecular complexity index is 537. The Balaban J connectivity index is 2.49. The Labute approximate surface area is 98.9 Å². The molecule has 80 valence electrons. The lowest BCUT2D eigenvalue weighted by Crippen LogP contribution is -1.91. The highest BCUT2D eigenvalue weighted by atomic mass is 35.5. The fourth-order valence-corrected chi connectivity index (χ4v) is 1.69. The number of hydrogen-bond acceptors (Lipinski definition) is 2. The number of hydrogen-bond donors (Lipinski definition) is 0. The van der Waals surface area contributed by atoms with E-state index in [4.69, 9.17) is 11.6 Å². The number of aromatic nitrogens is 1. The summed E-state index contributed by atoms with van der Waals surface area (Å²) in [5.74, 6) is 0. The SMILES string of the molecule is Cc1cc(-c2cccc(Cl)c2)ncc1C=O. The van der Waals surface area contributed by atoms with E-state index in [1.165, 1.54) is 0 Å². The van der Waals surface area contributed by atoms with Gasteiger partial charge in [0.25, 0.3) is 0 Å². The summed E-state index contributed by atoms with van der Waals surface area (Å²) >= 11 is 5.91. The van der Waals surface area contributed by atoms with Gasteiger partial charge in [0, 0.05) is 22.3 Å². The van der Waals surface area contributed by atoms with Crippen LogP contribution in [0.25, 0.3) is 11.3 Å². The van der Waals surface area contributed by atoms with Crippen LogP contribution in [0.4, 0.5) is 0 Å². The van der Waals surface area contributed by atoms with E-state index < -0.39 is 0 Å². The van der Waals surface area contributed by atoms with Gasteiger partial charge in [-0.05, 0) is 30.7 Å². The minimum absolute atomic E-state index is 0.616. The molecule has 0 saturated heterocycles. The summed E-state index contributed by atoms with van der Waals surface area (Å²) in [6, 6.07) is 9.37. The predicted octanol–water partition coefficient (Wildman–Crippen LogP) is 3.52. The predicted molar refractivity (Wildman–Crippen MR) is 64.8 cm³/mol. The summed E-state index contributed by atoms with van der Waals surface area (Å²) in [5, 5.41) is 0.677. The molecular formula is C13H10ClNO. The van der Waals surface area contributed by atoms with E-state index in [1.807, 2.05) is 37.3 Å². The van der Waals surface area contributed by atoms with Crippen molar-refractivity contribution in [1.82, 2.24) is 4.98 Å². The third-order valence-electron chi connectivity index (χ3n) is 2.40. The molecule has 0 aliphatic rings. The van der Waals surface area contributed by atoms with Gasteiger partial charge in [0.15, 0.2) is 6.29 Å². The molecule has 1 aromatic heterocycles. The van der Waals surface area contributed by atoms with Crippen molar-refractivity contribution in [1.29, 1.82) is 0 Å². The first-order valence-corrected chi connectivity index (χ1v) is 5.26. The van der Waals surface area contributed by atoms with E-state index in [2.05, 4.69) is 4.98 Å². The summed E-state index contributed by atoms with van der Waals surface area (Å²) in [6.45, 7) is 1.89. The average Bonchev–Trinajstić information content (AvgIpc) is 2.29. The lowest BCUT2D eigenvalue weighted by Gasteiger charge is -2.04. The number of halogens is 1. The van der Waals surface area contributed by atoms with Crippen molar-refractivity contribution in [2.45, 2.75) is 6.92 Å². The highest BCUT2D eigenvalue weighted by molar-refractivity contribution is 6.30. The maximum Gasteiger partial charge on any atom is 0.151 e. The Kier molecular flexibility index (Phi) is 3.02. The van der Waals surface area contributed by atoms with E-state index in [1.54, 1.807) is 6.20 Å². The normalized spacial score (nSPS) is 10.1. The minimum atomic E-state index is 0.616. The minimum Gasteiger partial charge on any atom is -0.298 e. The van der Waals surface area contributed by atoms with Crippen LogP contribution in [0.1, 0.15) is 15.9 Å². The Morgan fingerprint density at radius 1 is 1.31 bits per heavy atom. The van der Waals surface area contributed by atoms with Crippen molar-refractivity contribution in [3.8, 4) is 11.3 Å². The van der Waals surface area contributed by atoms with Crippen LogP contribution < -0.4 is 0 Å². The molecule has 0 bridgehead atoms. The molecule has 0 atom stereocenters. The molecule has 0 N–H and O–H groups in total. The Morgan fingerprint density at radius 2 is 2.12 bits per heavy atom. The van der Waals surface area contributed by atoms with Crippen LogP contribution >= 0.6 is 11.6 Å². The largest absolute Gasteiger partial charge is 0.298 e. The van der Waals surface area contributed by atoms with Gasteiger partial charge in [0.05, 0.1) is 5.69 Å². The maximum absolute atomic E-state index is 10.7. The molecule has 0 aliphatic carbocycles. The van der Waals surface area contributed by atoms with Gasteiger partial charge in [0.1, 0.15) is 0 Å². The summed E-state index contributed by atoms with van der Waals surface area (Å²) in [5.41, 5.74) is 3.31. The van der Waals surface area contributed by atoms with E-state index in [0.29, 0.717) is 10.6 Å². The number of carbonyl (C=O) groups is 1. The second-order valence-electron chi connectivity index (χ2n) is 3.55. The van der Waals surface area contributed by atoms with Gasteiger partial charge in [-0.25, -0.2) is 0 Å². The van der Waals surface area contributed by atoms with Gasteiger partial charge in [-0.1, -0.05) is 23.7 Å². The Hall–Kier alpha value is -1.67. The third kappa shape index (κ3) is 2.12. The zero-order valence-corrected chi connectivity index (χ0v) is 9.53. The van der Waals surface area contributed by atoms with Crippen LogP contribution in [0.15, 0.2) is 36.5 Å². The molecule has 0 fully saturated rings. The zero-order valence-electron chi connectivity index (χ0n) is 8.77. The number of carbonyl (C=O) groups excluding carboxylic acids is 1. The van der Waals surface area contributed by atoms with Crippen molar-refractivity contribution in [2.75, 3.05) is 0 Å². The van der Waals surface area contributed by atoms with Crippen LogP contribution in [-0.2, 0) is 0 Å². The Morgan fingerprint density at radius 3 is 2.75 bits per heavy atom. The van der Waals surface area contributed by atoms with Crippen molar-refractivity contribution < 1.29 is 4.79 Å². The maximum atomic E-state index is 10.7. The van der Waals surface area contributed by atoms with Crippen LogP contribution in [-0.4, -0.2) is 11.3 Å². The molecule has 2 nitrogen and oxygen atoms in total. The molecule has 0 aliphatic heterocycles. The third-order valence-corrected chi connectivity index (χ3v) is 2.63. The van der Waals surface area contributed by atoms with Crippen molar-refractivity contribution >= 4 is 17.9 Å². The fraction of sp³-hybridized carbons (Fsp3) is 0.0769. The van der Waals surface area contributed by atoms with Gasteiger partial charge in [-0.15, -0.1) is 0 Å². The highest BCUT2D eigenvalue weighted by Crippen LogP contribution is 2.22. The van der Waals surface area contributed by atoms with Crippen LogP contribution in [0.5, 0.6) is 0 Å². The quantitative estimate of drug-likeness (QED) is 0.741. The standard InChI is InChI=1S/C13H10ClNO/c1-9-5-13(15-7-11(9)8-16)10-3-2-4-12(14)6-10/h2-8H,1H3. The molecule has 0 unspecified atom stereocenters. The lowest BCUT2D eigenvalue weighted by atomic mass is 10.1. The van der Waals surface area contributed by atoms with E-state index >= 15 is 0 Å². The van der Waals surface area contributed by atoms with Crippen LogP contribution in [0.3, 0.4) is 0 Å². The van der Waals surface area contributed by atoms with Crippen molar-refractivity contribution in [3.63, 3.8) is 0 Å². The zero-order chi connectivity index (χ0) is 11.5. The number of nitrogens with zero attached hydrogens (tertiary/aromatic N) is 1. The highest BCUT2D eigenvalue weighted by Gasteiger charge is 2.03. The van der Waals surface area contributed by atoms with Crippen molar-refractivity contribution in [2.24, 2.45) is 0 Å². The number of aryl methyl sites for hydroxylation is 1. The monoisotopic (exact) mass is 231 g/mol. The molecule has 0 spiro atoms. The molecule has 2 aromatic rings. The average molecular weight is 232 g/mol. The summed E-state index contributed by atoms with van der Waals surface area (Å²) in [6.07, 6.45) is 2.39. The number of rotatable bonds is 2. The second kappa shape index (κ2) is 4.45. The van der Waals surface area contributed by atoms with Gasteiger partial charge in [-0.3, -0.25) is 9.78 Å². The van der Waals surface area contributed by atoms with Gasteiger partial charge >= 0.3 is 0 Å². The molecule has 0 amide bonds. The number of aldehydes is 1. The van der Waals surface area contributed by atoms with E-state index in [9.17, 15) is 4.79 Å². The van der Waals surface area contributed by atoms with Gasteiger partial charge < -0.3 is 0 Å². The molecular weight excluding hydrogens is 222 g/mol. The molecule has 2 rings (SSSR count). The number of benzene rings is 1. The number of pyridine rings is 1. The summed E-state index contributed by atoms with van der Waals surface area (Å²) in [4.78, 5) is 14.9. The molecule has 1 heterocycles. The van der Waals surface area contributed by atoms with Gasteiger partial charge in [-0.2, -0.15) is 0 Å². The first-order chi connectivity index (χ1) is 7.70. The molecule has 3 heteroatoms. The van der Waals surface area contributed by atoms with E-state index in [-0.39, 0.29) is 0 Å². The molecule has 0 radical (unpaired) electrons. The first kappa shape index (κ1) is 10.8. The van der Waals surface area contributed by atoms with Crippen LogP contribution in [0, 0.1) is 6.92 Å².